The van der Waals surface area contributed by atoms with Gasteiger partial charge in [-0.2, -0.15) is 0 Å². The van der Waals surface area contributed by atoms with E-state index < -0.39 is 5.54 Å². The lowest BCUT2D eigenvalue weighted by atomic mass is 10.1. The Bertz CT molecular complexity index is 352. The Morgan fingerprint density at radius 1 is 1.31 bits per heavy atom. The lowest BCUT2D eigenvalue weighted by Crippen LogP contribution is -2.37. The van der Waals surface area contributed by atoms with Crippen LogP contribution in [0.4, 0.5) is 0 Å². The van der Waals surface area contributed by atoms with Crippen molar-refractivity contribution < 1.29 is 9.53 Å². The van der Waals surface area contributed by atoms with Crippen LogP contribution in [0.1, 0.15) is 24.2 Å². The summed E-state index contributed by atoms with van der Waals surface area (Å²) in [5.41, 5.74) is -0.109. The zero-order valence-corrected chi connectivity index (χ0v) is 10.6. The third-order valence-corrected chi connectivity index (χ3v) is 2.94. The number of ether oxygens (including phenoxy) is 1. The highest BCUT2D eigenvalue weighted by atomic mass is 35.5. The molecule has 0 aliphatic heterocycles. The van der Waals surface area contributed by atoms with Crippen molar-refractivity contribution in [1.29, 1.82) is 0 Å². The molecule has 0 N–H and O–H groups in total. The molecule has 0 bridgehead atoms. The molecule has 0 fully saturated rings. The monoisotopic (exact) mass is 261 g/mol. The maximum absolute atomic E-state index is 11.6. The lowest BCUT2D eigenvalue weighted by molar-refractivity contribution is 0.0373. The van der Waals surface area contributed by atoms with Crippen LogP contribution in [0, 0.1) is 0 Å². The number of rotatable bonds is 4. The average molecular weight is 262 g/mol. The number of carbonyl (C=O) groups is 1. The predicted molar refractivity (Wildman–Crippen MR) is 64.3 cm³/mol. The molecule has 0 unspecified atom stereocenters. The third kappa shape index (κ3) is 3.67. The summed E-state index contributed by atoms with van der Waals surface area (Å²) >= 11 is 11.2. The molecule has 0 spiro atoms. The number of hydrogen-bond acceptors (Lipinski definition) is 3. The van der Waals surface area contributed by atoms with E-state index in [1.807, 2.05) is 6.07 Å². The van der Waals surface area contributed by atoms with Gasteiger partial charge in [0.2, 0.25) is 0 Å². The van der Waals surface area contributed by atoms with E-state index in [1.54, 1.807) is 38.1 Å². The molecule has 0 aromatic heterocycles. The van der Waals surface area contributed by atoms with Gasteiger partial charge in [0.25, 0.3) is 0 Å². The minimum Gasteiger partial charge on any atom is -0.460 e. The van der Waals surface area contributed by atoms with Crippen molar-refractivity contribution in [3.05, 3.63) is 35.9 Å². The highest BCUT2D eigenvalue weighted by Gasteiger charge is 2.26. The Labute approximate surface area is 105 Å². The first-order valence-electron chi connectivity index (χ1n) is 4.77. The van der Waals surface area contributed by atoms with E-state index in [4.69, 9.17) is 28.3 Å². The van der Waals surface area contributed by atoms with E-state index in [-0.39, 0.29) is 12.6 Å². The average Bonchev–Trinajstić information content (AvgIpc) is 2.27. The van der Waals surface area contributed by atoms with Crippen LogP contribution in [0.5, 0.6) is 0 Å². The van der Waals surface area contributed by atoms with E-state index in [0.29, 0.717) is 5.56 Å². The Kier molecular flexibility index (Phi) is 4.59. The Morgan fingerprint density at radius 2 is 1.88 bits per heavy atom. The summed E-state index contributed by atoms with van der Waals surface area (Å²) in [5.74, 6) is -0.385. The number of carbonyl (C=O) groups excluding carboxylic acids is 1. The van der Waals surface area contributed by atoms with Gasteiger partial charge in [0.05, 0.1) is 11.1 Å². The number of hydrogen-bond donors (Lipinski definition) is 0. The smallest absolute Gasteiger partial charge is 0.338 e. The summed E-state index contributed by atoms with van der Waals surface area (Å²) < 4.78 is 6.08. The zero-order chi connectivity index (χ0) is 12.2. The molecule has 0 aliphatic rings. The summed E-state index contributed by atoms with van der Waals surface area (Å²) in [6.45, 7) is 3.66. The molecule has 5 heteroatoms. The largest absolute Gasteiger partial charge is 0.460 e. The van der Waals surface area contributed by atoms with E-state index in [2.05, 4.69) is 0 Å². The molecule has 1 rings (SSSR count). The van der Waals surface area contributed by atoms with Crippen LogP contribution in [0.2, 0.25) is 0 Å². The second-order valence-electron chi connectivity index (χ2n) is 3.99. The highest BCUT2D eigenvalue weighted by molar-refractivity contribution is 6.34. The fourth-order valence-corrected chi connectivity index (χ4v) is 1.05. The molecule has 0 saturated heterocycles. The number of esters is 1. The minimum absolute atomic E-state index is 0.119. The highest BCUT2D eigenvalue weighted by Crippen LogP contribution is 2.20. The molecule has 3 nitrogen and oxygen atoms in total. The maximum Gasteiger partial charge on any atom is 0.338 e. The summed E-state index contributed by atoms with van der Waals surface area (Å²) in [6.07, 6.45) is 0. The molecule has 16 heavy (non-hydrogen) atoms. The van der Waals surface area contributed by atoms with Crippen LogP contribution in [-0.2, 0) is 4.74 Å². The molecule has 1 aromatic carbocycles. The van der Waals surface area contributed by atoms with Gasteiger partial charge in [0.1, 0.15) is 6.61 Å². The summed E-state index contributed by atoms with van der Waals surface area (Å²) in [6, 6.07) is 8.76. The van der Waals surface area contributed by atoms with Crippen LogP contribution in [0.3, 0.4) is 0 Å². The molecule has 88 valence electrons. The van der Waals surface area contributed by atoms with Crippen molar-refractivity contribution in [2.75, 3.05) is 6.61 Å². The molecule has 0 aliphatic carbocycles. The third-order valence-electron chi connectivity index (χ3n) is 2.02. The van der Waals surface area contributed by atoms with Crippen LogP contribution < -0.4 is 0 Å². The number of halogens is 2. The Morgan fingerprint density at radius 3 is 2.38 bits per heavy atom. The summed E-state index contributed by atoms with van der Waals surface area (Å²) in [4.78, 5) is 11.6. The second kappa shape index (κ2) is 5.53. The molecule has 0 saturated carbocycles. The fraction of sp³-hybridized carbons (Fsp3) is 0.364. The summed E-state index contributed by atoms with van der Waals surface area (Å²) in [7, 11) is 0. The zero-order valence-electron chi connectivity index (χ0n) is 9.11. The van der Waals surface area contributed by atoms with Crippen molar-refractivity contribution in [2.24, 2.45) is 0 Å². The molecule has 0 heterocycles. The predicted octanol–water partition coefficient (Wildman–Crippen LogP) is 3.23. The van der Waals surface area contributed by atoms with Gasteiger partial charge in [0.15, 0.2) is 0 Å². The number of benzene rings is 1. The summed E-state index contributed by atoms with van der Waals surface area (Å²) in [5, 5.41) is 0. The van der Waals surface area contributed by atoms with E-state index in [1.165, 1.54) is 0 Å². The molecular formula is C11H13Cl2NO2. The maximum atomic E-state index is 11.6. The first kappa shape index (κ1) is 13.3. The van der Waals surface area contributed by atoms with Gasteiger partial charge in [-0.25, -0.2) is 4.79 Å². The van der Waals surface area contributed by atoms with Gasteiger partial charge < -0.3 is 4.74 Å². The topological polar surface area (TPSA) is 29.5 Å². The van der Waals surface area contributed by atoms with Crippen LogP contribution >= 0.6 is 23.6 Å². The normalized spacial score (nSPS) is 11.6. The SMILES string of the molecule is CC(C)(COC(=O)c1ccccc1)N(Cl)Cl. The second-order valence-corrected chi connectivity index (χ2v) is 4.84. The standard InChI is InChI=1S/C11H13Cl2NO2/c1-11(2,14(12)13)8-16-10(15)9-6-4-3-5-7-9/h3-7H,8H2,1-2H3. The van der Waals surface area contributed by atoms with Gasteiger partial charge in [0, 0.05) is 0 Å². The molecular weight excluding hydrogens is 249 g/mol. The Balaban J connectivity index is 2.54. The quantitative estimate of drug-likeness (QED) is 0.616. The lowest BCUT2D eigenvalue weighted by Gasteiger charge is -2.26. The van der Waals surface area contributed by atoms with Gasteiger partial charge in [-0.1, -0.05) is 18.2 Å². The van der Waals surface area contributed by atoms with E-state index in [9.17, 15) is 4.79 Å². The van der Waals surface area contributed by atoms with Crippen LogP contribution in [0.25, 0.3) is 0 Å². The van der Waals surface area contributed by atoms with Crippen LogP contribution in [0.15, 0.2) is 30.3 Å². The minimum atomic E-state index is -0.618. The van der Waals surface area contributed by atoms with Crippen LogP contribution in [-0.4, -0.2) is 22.1 Å². The molecule has 0 atom stereocenters. The van der Waals surface area contributed by atoms with Crippen molar-refractivity contribution in [2.45, 2.75) is 19.4 Å². The number of nitrogens with zero attached hydrogens (tertiary/aromatic N) is 1. The fourth-order valence-electron chi connectivity index (χ4n) is 0.949. The first-order chi connectivity index (χ1) is 7.43. The molecule has 0 amide bonds. The van der Waals surface area contributed by atoms with Gasteiger partial charge >= 0.3 is 5.97 Å². The van der Waals surface area contributed by atoms with Crippen molar-refractivity contribution in [3.63, 3.8) is 0 Å². The van der Waals surface area contributed by atoms with Crippen molar-refractivity contribution in [3.8, 4) is 0 Å². The van der Waals surface area contributed by atoms with E-state index in [0.717, 1.165) is 3.94 Å². The van der Waals surface area contributed by atoms with Gasteiger partial charge in [-0.15, -0.1) is 3.94 Å². The van der Waals surface area contributed by atoms with E-state index >= 15 is 0 Å². The van der Waals surface area contributed by atoms with Gasteiger partial charge in [-0.05, 0) is 49.5 Å². The Hall–Kier alpha value is -0.770. The molecule has 0 radical (unpaired) electrons. The molecule has 1 aromatic rings. The van der Waals surface area contributed by atoms with Crippen molar-refractivity contribution in [1.82, 2.24) is 3.94 Å². The van der Waals surface area contributed by atoms with Gasteiger partial charge in [-0.3, -0.25) is 0 Å². The van der Waals surface area contributed by atoms with Crippen molar-refractivity contribution >= 4 is 29.5 Å². The first-order valence-corrected chi connectivity index (χ1v) is 5.45.